The molecule has 0 bridgehead atoms. The van der Waals surface area contributed by atoms with Crippen LogP contribution in [0.15, 0.2) is 16.5 Å². The predicted octanol–water partition coefficient (Wildman–Crippen LogP) is 2.18. The number of hydrogen-bond donors (Lipinski definition) is 3. The second kappa shape index (κ2) is 6.21. The SMILES string of the molecule is CC(NCC1CCC(O)CC1)c1ccc(C(=O)O)o1. The van der Waals surface area contributed by atoms with E-state index in [9.17, 15) is 9.90 Å². The minimum absolute atomic E-state index is 0.0000463. The van der Waals surface area contributed by atoms with E-state index >= 15 is 0 Å². The number of aromatic carboxylic acids is 1. The van der Waals surface area contributed by atoms with Crippen LogP contribution in [0.2, 0.25) is 0 Å². The summed E-state index contributed by atoms with van der Waals surface area (Å²) in [6.07, 6.45) is 3.71. The maximum atomic E-state index is 10.7. The highest BCUT2D eigenvalue weighted by Crippen LogP contribution is 2.24. The molecule has 19 heavy (non-hydrogen) atoms. The van der Waals surface area contributed by atoms with Crippen molar-refractivity contribution < 1.29 is 19.4 Å². The van der Waals surface area contributed by atoms with Gasteiger partial charge in [0.15, 0.2) is 0 Å². The second-order valence-electron chi connectivity index (χ2n) is 5.31. The van der Waals surface area contributed by atoms with E-state index in [1.165, 1.54) is 6.07 Å². The molecule has 1 fully saturated rings. The zero-order valence-electron chi connectivity index (χ0n) is 11.1. The Morgan fingerprint density at radius 3 is 2.68 bits per heavy atom. The van der Waals surface area contributed by atoms with Crippen LogP contribution in [0.25, 0.3) is 0 Å². The highest BCUT2D eigenvalue weighted by molar-refractivity contribution is 5.84. The van der Waals surface area contributed by atoms with Crippen LogP contribution in [-0.2, 0) is 0 Å². The summed E-state index contributed by atoms with van der Waals surface area (Å²) in [4.78, 5) is 10.7. The smallest absolute Gasteiger partial charge is 0.371 e. The lowest BCUT2D eigenvalue weighted by atomic mass is 9.87. The van der Waals surface area contributed by atoms with Gasteiger partial charge < -0.3 is 19.9 Å². The Bertz CT molecular complexity index is 421. The highest BCUT2D eigenvalue weighted by Gasteiger charge is 2.20. The van der Waals surface area contributed by atoms with E-state index in [4.69, 9.17) is 9.52 Å². The van der Waals surface area contributed by atoms with Crippen LogP contribution in [0.1, 0.15) is 55.0 Å². The van der Waals surface area contributed by atoms with Gasteiger partial charge in [0.2, 0.25) is 5.76 Å². The topological polar surface area (TPSA) is 82.7 Å². The van der Waals surface area contributed by atoms with Crippen molar-refractivity contribution in [1.29, 1.82) is 0 Å². The van der Waals surface area contributed by atoms with Crippen molar-refractivity contribution >= 4 is 5.97 Å². The van der Waals surface area contributed by atoms with E-state index in [-0.39, 0.29) is 17.9 Å². The number of aliphatic hydroxyl groups is 1. The zero-order chi connectivity index (χ0) is 13.8. The first-order valence-electron chi connectivity index (χ1n) is 6.80. The molecule has 1 unspecified atom stereocenters. The minimum Gasteiger partial charge on any atom is -0.475 e. The van der Waals surface area contributed by atoms with Crippen LogP contribution < -0.4 is 5.32 Å². The summed E-state index contributed by atoms with van der Waals surface area (Å²) < 4.78 is 5.26. The largest absolute Gasteiger partial charge is 0.475 e. The first kappa shape index (κ1) is 14.1. The summed E-state index contributed by atoms with van der Waals surface area (Å²) in [6.45, 7) is 2.83. The number of furan rings is 1. The minimum atomic E-state index is -1.04. The molecule has 5 heteroatoms. The van der Waals surface area contributed by atoms with Crippen molar-refractivity contribution in [3.8, 4) is 0 Å². The summed E-state index contributed by atoms with van der Waals surface area (Å²) in [5.74, 6) is 0.164. The van der Waals surface area contributed by atoms with E-state index in [0.717, 1.165) is 32.2 Å². The molecule has 0 amide bonds. The van der Waals surface area contributed by atoms with Gasteiger partial charge in [-0.05, 0) is 57.2 Å². The molecule has 2 rings (SSSR count). The molecule has 0 radical (unpaired) electrons. The van der Waals surface area contributed by atoms with Crippen LogP contribution >= 0.6 is 0 Å². The van der Waals surface area contributed by atoms with Crippen LogP contribution in [-0.4, -0.2) is 28.8 Å². The highest BCUT2D eigenvalue weighted by atomic mass is 16.4. The van der Waals surface area contributed by atoms with Gasteiger partial charge >= 0.3 is 5.97 Å². The van der Waals surface area contributed by atoms with Gasteiger partial charge in [-0.2, -0.15) is 0 Å². The molecule has 3 N–H and O–H groups in total. The van der Waals surface area contributed by atoms with Crippen LogP contribution in [0, 0.1) is 5.92 Å². The lowest BCUT2D eigenvalue weighted by molar-refractivity contribution is 0.0659. The van der Waals surface area contributed by atoms with Gasteiger partial charge in [-0.3, -0.25) is 0 Å². The third-order valence-electron chi connectivity index (χ3n) is 3.79. The maximum Gasteiger partial charge on any atom is 0.371 e. The number of rotatable bonds is 5. The number of carboxylic acids is 1. The summed E-state index contributed by atoms with van der Waals surface area (Å²) in [5.41, 5.74) is 0. The summed E-state index contributed by atoms with van der Waals surface area (Å²) in [5, 5.41) is 21.6. The second-order valence-corrected chi connectivity index (χ2v) is 5.31. The molecule has 1 aromatic heterocycles. The van der Waals surface area contributed by atoms with Crippen molar-refractivity contribution in [2.24, 2.45) is 5.92 Å². The first-order chi connectivity index (χ1) is 9.06. The van der Waals surface area contributed by atoms with Gasteiger partial charge in [0.25, 0.3) is 0 Å². The molecule has 1 heterocycles. The van der Waals surface area contributed by atoms with Crippen molar-refractivity contribution in [2.45, 2.75) is 44.8 Å². The number of hydrogen-bond acceptors (Lipinski definition) is 4. The number of carbonyl (C=O) groups is 1. The normalized spacial score (nSPS) is 25.2. The number of aliphatic hydroxyl groups excluding tert-OH is 1. The average molecular weight is 267 g/mol. The molecule has 0 spiro atoms. The summed E-state index contributed by atoms with van der Waals surface area (Å²) in [6, 6.07) is 3.18. The molecule has 1 aliphatic rings. The lowest BCUT2D eigenvalue weighted by Crippen LogP contribution is -2.29. The molecule has 0 saturated heterocycles. The summed E-state index contributed by atoms with van der Waals surface area (Å²) in [7, 11) is 0. The van der Waals surface area contributed by atoms with E-state index in [1.807, 2.05) is 6.92 Å². The molecule has 5 nitrogen and oxygen atoms in total. The molecule has 106 valence electrons. The van der Waals surface area contributed by atoms with Gasteiger partial charge in [-0.15, -0.1) is 0 Å². The van der Waals surface area contributed by atoms with E-state index in [2.05, 4.69) is 5.32 Å². The van der Waals surface area contributed by atoms with E-state index < -0.39 is 5.97 Å². The van der Waals surface area contributed by atoms with Crippen molar-refractivity contribution in [1.82, 2.24) is 5.32 Å². The van der Waals surface area contributed by atoms with Gasteiger partial charge in [-0.25, -0.2) is 4.79 Å². The fraction of sp³-hybridized carbons (Fsp3) is 0.643. The standard InChI is InChI=1S/C14H21NO4/c1-9(12-6-7-13(19-12)14(17)18)15-8-10-2-4-11(16)5-3-10/h6-7,9-11,15-16H,2-5,8H2,1H3,(H,17,18). The van der Waals surface area contributed by atoms with Crippen molar-refractivity contribution in [2.75, 3.05) is 6.54 Å². The number of carboxylic acid groups (broad SMARTS) is 1. The van der Waals surface area contributed by atoms with Crippen LogP contribution in [0.4, 0.5) is 0 Å². The molecular weight excluding hydrogens is 246 g/mol. The quantitative estimate of drug-likeness (QED) is 0.761. The molecular formula is C14H21NO4. The fourth-order valence-electron chi connectivity index (χ4n) is 2.49. The van der Waals surface area contributed by atoms with Gasteiger partial charge in [0.05, 0.1) is 12.1 Å². The molecule has 1 atom stereocenters. The maximum absolute atomic E-state index is 10.7. The third kappa shape index (κ3) is 3.81. The van der Waals surface area contributed by atoms with Gasteiger partial charge in [-0.1, -0.05) is 0 Å². The van der Waals surface area contributed by atoms with Crippen molar-refractivity contribution in [3.05, 3.63) is 23.7 Å². The lowest BCUT2D eigenvalue weighted by Gasteiger charge is -2.26. The van der Waals surface area contributed by atoms with Crippen LogP contribution in [0.3, 0.4) is 0 Å². The predicted molar refractivity (Wildman–Crippen MR) is 70.0 cm³/mol. The Hall–Kier alpha value is -1.33. The monoisotopic (exact) mass is 267 g/mol. The molecule has 1 saturated carbocycles. The van der Waals surface area contributed by atoms with E-state index in [0.29, 0.717) is 11.7 Å². The molecule has 0 aliphatic heterocycles. The zero-order valence-corrected chi connectivity index (χ0v) is 11.1. The molecule has 0 aromatic carbocycles. The third-order valence-corrected chi connectivity index (χ3v) is 3.79. The summed E-state index contributed by atoms with van der Waals surface area (Å²) >= 11 is 0. The first-order valence-corrected chi connectivity index (χ1v) is 6.80. The Balaban J connectivity index is 1.80. The van der Waals surface area contributed by atoms with Crippen LogP contribution in [0.5, 0.6) is 0 Å². The molecule has 1 aromatic rings. The number of nitrogens with one attached hydrogen (secondary N) is 1. The molecule has 1 aliphatic carbocycles. The van der Waals surface area contributed by atoms with Gasteiger partial charge in [0.1, 0.15) is 5.76 Å². The fourth-order valence-corrected chi connectivity index (χ4v) is 2.49. The Morgan fingerprint density at radius 1 is 1.42 bits per heavy atom. The Morgan fingerprint density at radius 2 is 2.11 bits per heavy atom. The average Bonchev–Trinajstić information content (AvgIpc) is 2.87. The van der Waals surface area contributed by atoms with Crippen molar-refractivity contribution in [3.63, 3.8) is 0 Å². The van der Waals surface area contributed by atoms with Gasteiger partial charge in [0, 0.05) is 0 Å². The Kier molecular flexibility index (Phi) is 4.61. The Labute approximate surface area is 112 Å². The van der Waals surface area contributed by atoms with E-state index in [1.54, 1.807) is 6.07 Å².